The molecule has 1 atom stereocenters. The van der Waals surface area contributed by atoms with E-state index in [2.05, 4.69) is 29.6 Å². The third-order valence-electron chi connectivity index (χ3n) is 4.43. The zero-order valence-corrected chi connectivity index (χ0v) is 12.2. The summed E-state index contributed by atoms with van der Waals surface area (Å²) in [6.45, 7) is 0.743. The summed E-state index contributed by atoms with van der Waals surface area (Å²) in [5.41, 5.74) is 2.42. The number of benzene rings is 1. The van der Waals surface area contributed by atoms with Crippen LogP contribution in [-0.4, -0.2) is 23.0 Å². The van der Waals surface area contributed by atoms with Crippen LogP contribution >= 0.6 is 11.8 Å². The van der Waals surface area contributed by atoms with Gasteiger partial charge in [0.2, 0.25) is 0 Å². The molecule has 19 heavy (non-hydrogen) atoms. The van der Waals surface area contributed by atoms with Crippen LogP contribution in [0, 0.1) is 0 Å². The highest BCUT2D eigenvalue weighted by molar-refractivity contribution is 7.98. The zero-order chi connectivity index (χ0) is 13.1. The lowest BCUT2D eigenvalue weighted by Crippen LogP contribution is -2.44. The van der Waals surface area contributed by atoms with Crippen LogP contribution in [-0.2, 0) is 5.75 Å². The van der Waals surface area contributed by atoms with E-state index in [9.17, 15) is 5.11 Å². The molecule has 1 heterocycles. The van der Waals surface area contributed by atoms with E-state index in [1.54, 1.807) is 0 Å². The first-order chi connectivity index (χ1) is 9.27. The molecule has 1 aliphatic heterocycles. The van der Waals surface area contributed by atoms with Gasteiger partial charge in [0.05, 0.1) is 5.60 Å². The number of hydrogen-bond donors (Lipinski definition) is 2. The van der Waals surface area contributed by atoms with Gasteiger partial charge < -0.3 is 10.4 Å². The van der Waals surface area contributed by atoms with E-state index < -0.39 is 5.60 Å². The van der Waals surface area contributed by atoms with Crippen LogP contribution in [0.5, 0.6) is 0 Å². The predicted octanol–water partition coefficient (Wildman–Crippen LogP) is 3.26. The van der Waals surface area contributed by atoms with E-state index in [1.807, 2.05) is 11.8 Å². The Morgan fingerprint density at radius 1 is 1.21 bits per heavy atom. The molecule has 0 spiro atoms. The fraction of sp³-hybridized carbons (Fsp3) is 0.625. The molecule has 2 N–H and O–H groups in total. The molecule has 0 radical (unpaired) electrons. The summed E-state index contributed by atoms with van der Waals surface area (Å²) >= 11 is 1.99. The molecular formula is C16H23NOS. The van der Waals surface area contributed by atoms with Crippen LogP contribution in [0.4, 0.5) is 0 Å². The standard InChI is InChI=1S/C16H23NOS/c18-16(8-4-1-5-9-16)12-17-15-11-19-10-13-6-2-3-7-14(13)15/h2-3,6-7,15,17-18H,1,4-5,8-12H2. The molecule has 1 fully saturated rings. The van der Waals surface area contributed by atoms with Crippen LogP contribution in [0.25, 0.3) is 0 Å². The molecule has 1 unspecified atom stereocenters. The van der Waals surface area contributed by atoms with Crippen molar-refractivity contribution >= 4 is 11.8 Å². The normalized spacial score (nSPS) is 25.8. The van der Waals surface area contributed by atoms with Crippen LogP contribution in [0.1, 0.15) is 49.3 Å². The molecule has 2 aliphatic rings. The summed E-state index contributed by atoms with van der Waals surface area (Å²) in [4.78, 5) is 0. The molecule has 3 rings (SSSR count). The Balaban J connectivity index is 1.64. The van der Waals surface area contributed by atoms with Gasteiger partial charge in [-0.05, 0) is 24.0 Å². The van der Waals surface area contributed by atoms with Crippen LogP contribution in [0.15, 0.2) is 24.3 Å². The van der Waals surface area contributed by atoms with E-state index in [-0.39, 0.29) is 0 Å². The number of thioether (sulfide) groups is 1. The molecule has 0 bridgehead atoms. The molecule has 0 aromatic heterocycles. The van der Waals surface area contributed by atoms with Gasteiger partial charge in [-0.2, -0.15) is 11.8 Å². The molecule has 0 saturated heterocycles. The van der Waals surface area contributed by atoms with Gasteiger partial charge in [-0.15, -0.1) is 0 Å². The van der Waals surface area contributed by atoms with Crippen molar-refractivity contribution in [3.05, 3.63) is 35.4 Å². The zero-order valence-electron chi connectivity index (χ0n) is 11.4. The van der Waals surface area contributed by atoms with Crippen LogP contribution < -0.4 is 5.32 Å². The van der Waals surface area contributed by atoms with Crippen molar-refractivity contribution < 1.29 is 5.11 Å². The first kappa shape index (κ1) is 13.5. The Morgan fingerprint density at radius 2 is 2.00 bits per heavy atom. The van der Waals surface area contributed by atoms with Gasteiger partial charge in [-0.3, -0.25) is 0 Å². The third kappa shape index (κ3) is 3.15. The van der Waals surface area contributed by atoms with Crippen LogP contribution in [0.2, 0.25) is 0 Å². The van der Waals surface area contributed by atoms with Gasteiger partial charge in [-0.1, -0.05) is 43.5 Å². The summed E-state index contributed by atoms with van der Waals surface area (Å²) in [6, 6.07) is 9.11. The lowest BCUT2D eigenvalue weighted by atomic mass is 9.84. The maximum absolute atomic E-state index is 10.6. The fourth-order valence-electron chi connectivity index (χ4n) is 3.25. The Kier molecular flexibility index (Phi) is 4.15. The quantitative estimate of drug-likeness (QED) is 0.889. The van der Waals surface area contributed by atoms with Crippen molar-refractivity contribution in [2.45, 2.75) is 49.5 Å². The van der Waals surface area contributed by atoms with E-state index in [0.29, 0.717) is 6.04 Å². The van der Waals surface area contributed by atoms with Gasteiger partial charge in [0.15, 0.2) is 0 Å². The minimum Gasteiger partial charge on any atom is -0.389 e. The Morgan fingerprint density at radius 3 is 2.84 bits per heavy atom. The SMILES string of the molecule is OC1(CNC2CSCc3ccccc32)CCCCC1. The number of fused-ring (bicyclic) bond motifs is 1. The number of rotatable bonds is 3. The Labute approximate surface area is 120 Å². The number of aliphatic hydroxyl groups is 1. The Hall–Kier alpha value is -0.510. The molecule has 3 heteroatoms. The lowest BCUT2D eigenvalue weighted by molar-refractivity contribution is 0.00307. The Bertz CT molecular complexity index is 429. The molecule has 0 amide bonds. The van der Waals surface area contributed by atoms with Gasteiger partial charge in [0.25, 0.3) is 0 Å². The molecule has 1 aliphatic carbocycles. The molecule has 1 saturated carbocycles. The van der Waals surface area contributed by atoms with Gasteiger partial charge in [0.1, 0.15) is 0 Å². The van der Waals surface area contributed by atoms with E-state index in [1.165, 1.54) is 30.4 Å². The van der Waals surface area contributed by atoms with Crippen molar-refractivity contribution in [3.63, 3.8) is 0 Å². The van der Waals surface area contributed by atoms with Crippen molar-refractivity contribution in [1.29, 1.82) is 0 Å². The smallest absolute Gasteiger partial charge is 0.0771 e. The van der Waals surface area contributed by atoms with Gasteiger partial charge in [0, 0.05) is 24.1 Å². The lowest BCUT2D eigenvalue weighted by Gasteiger charge is -2.35. The molecular weight excluding hydrogens is 254 g/mol. The highest BCUT2D eigenvalue weighted by Gasteiger charge is 2.30. The predicted molar refractivity (Wildman–Crippen MR) is 81.4 cm³/mol. The second kappa shape index (κ2) is 5.86. The van der Waals surface area contributed by atoms with Crippen molar-refractivity contribution in [2.75, 3.05) is 12.3 Å². The fourth-order valence-corrected chi connectivity index (χ4v) is 4.38. The minimum atomic E-state index is -0.463. The highest BCUT2D eigenvalue weighted by atomic mass is 32.2. The van der Waals surface area contributed by atoms with E-state index >= 15 is 0 Å². The highest BCUT2D eigenvalue weighted by Crippen LogP contribution is 2.33. The molecule has 1 aromatic rings. The first-order valence-electron chi connectivity index (χ1n) is 7.38. The summed E-state index contributed by atoms with van der Waals surface area (Å²) in [5, 5.41) is 14.2. The van der Waals surface area contributed by atoms with Crippen molar-refractivity contribution in [3.8, 4) is 0 Å². The summed E-state index contributed by atoms with van der Waals surface area (Å²) in [5.74, 6) is 2.24. The van der Waals surface area contributed by atoms with Crippen molar-refractivity contribution in [2.24, 2.45) is 0 Å². The summed E-state index contributed by atoms with van der Waals surface area (Å²) in [6.07, 6.45) is 5.55. The third-order valence-corrected chi connectivity index (χ3v) is 5.52. The largest absolute Gasteiger partial charge is 0.389 e. The average molecular weight is 277 g/mol. The molecule has 1 aromatic carbocycles. The second-order valence-corrected chi connectivity index (χ2v) is 6.96. The average Bonchev–Trinajstić information content (AvgIpc) is 2.46. The van der Waals surface area contributed by atoms with Gasteiger partial charge in [-0.25, -0.2) is 0 Å². The first-order valence-corrected chi connectivity index (χ1v) is 8.54. The maximum atomic E-state index is 10.6. The summed E-state index contributed by atoms with van der Waals surface area (Å²) < 4.78 is 0. The maximum Gasteiger partial charge on any atom is 0.0771 e. The molecule has 104 valence electrons. The topological polar surface area (TPSA) is 32.3 Å². The monoisotopic (exact) mass is 277 g/mol. The van der Waals surface area contributed by atoms with Gasteiger partial charge >= 0.3 is 0 Å². The van der Waals surface area contributed by atoms with Crippen molar-refractivity contribution in [1.82, 2.24) is 5.32 Å². The summed E-state index contributed by atoms with van der Waals surface area (Å²) in [7, 11) is 0. The van der Waals surface area contributed by atoms with E-state index in [0.717, 1.165) is 30.9 Å². The van der Waals surface area contributed by atoms with Crippen LogP contribution in [0.3, 0.4) is 0 Å². The second-order valence-electron chi connectivity index (χ2n) is 5.93. The van der Waals surface area contributed by atoms with E-state index in [4.69, 9.17) is 0 Å². The molecule has 2 nitrogen and oxygen atoms in total. The number of hydrogen-bond acceptors (Lipinski definition) is 3. The minimum absolute atomic E-state index is 0.404. The number of nitrogens with one attached hydrogen (secondary N) is 1.